The molecule has 4 aromatic rings. The molecule has 0 radical (unpaired) electrons. The van der Waals surface area contributed by atoms with E-state index in [4.69, 9.17) is 0 Å². The van der Waals surface area contributed by atoms with Crippen LogP contribution in [0, 0.1) is 5.92 Å². The van der Waals surface area contributed by atoms with Crippen molar-refractivity contribution in [3.05, 3.63) is 119 Å². The summed E-state index contributed by atoms with van der Waals surface area (Å²) in [6, 6.07) is 33.8. The minimum absolute atomic E-state index is 0.239. The molecule has 9 rings (SSSR count). The smallest absolute Gasteiger partial charge is 0.0945 e. The van der Waals surface area contributed by atoms with Gasteiger partial charge in [-0.05, 0) is 88.3 Å². The molecular formula is C33H29NO. The summed E-state index contributed by atoms with van der Waals surface area (Å²) in [6.07, 6.45) is 3.25. The minimum atomic E-state index is -0.448. The molecule has 0 unspecified atom stereocenters. The van der Waals surface area contributed by atoms with Gasteiger partial charge in [-0.2, -0.15) is 0 Å². The van der Waals surface area contributed by atoms with Crippen LogP contribution in [0.15, 0.2) is 91.0 Å². The van der Waals surface area contributed by atoms with Gasteiger partial charge in [-0.15, -0.1) is 0 Å². The van der Waals surface area contributed by atoms with E-state index in [2.05, 4.69) is 95.9 Å². The van der Waals surface area contributed by atoms with E-state index in [0.717, 1.165) is 31.0 Å². The van der Waals surface area contributed by atoms with E-state index in [1.165, 1.54) is 57.3 Å². The van der Waals surface area contributed by atoms with Crippen molar-refractivity contribution >= 4 is 0 Å². The molecule has 2 aliphatic carbocycles. The first-order valence-electron chi connectivity index (χ1n) is 13.1. The maximum atomic E-state index is 11.7. The number of nitrogens with zero attached hydrogens (tertiary/aromatic N) is 1. The number of hydrogen-bond donors (Lipinski definition) is 1. The van der Waals surface area contributed by atoms with Crippen molar-refractivity contribution in [1.29, 1.82) is 0 Å². The molecule has 0 saturated carbocycles. The average molecular weight is 456 g/mol. The van der Waals surface area contributed by atoms with Crippen LogP contribution in [0.5, 0.6) is 0 Å². The van der Waals surface area contributed by atoms with Crippen LogP contribution in [0.4, 0.5) is 0 Å². The lowest BCUT2D eigenvalue weighted by Gasteiger charge is -2.47. The van der Waals surface area contributed by atoms with Crippen LogP contribution in [0.3, 0.4) is 0 Å². The van der Waals surface area contributed by atoms with Crippen molar-refractivity contribution in [2.75, 3.05) is 13.1 Å². The third-order valence-electron chi connectivity index (χ3n) is 9.42. The molecule has 2 bridgehead atoms. The lowest BCUT2D eigenvalue weighted by molar-refractivity contribution is -0.0269. The average Bonchev–Trinajstić information content (AvgIpc) is 3.40. The summed E-state index contributed by atoms with van der Waals surface area (Å²) in [5.41, 5.74) is 11.4. The summed E-state index contributed by atoms with van der Waals surface area (Å²) in [4.78, 5) is 2.53. The third kappa shape index (κ3) is 2.51. The molecule has 0 amide bonds. The zero-order chi connectivity index (χ0) is 23.1. The normalized spacial score (nSPS) is 25.1. The molecule has 3 fully saturated rings. The van der Waals surface area contributed by atoms with Gasteiger partial charge in [0.25, 0.3) is 0 Å². The molecule has 35 heavy (non-hydrogen) atoms. The van der Waals surface area contributed by atoms with Crippen LogP contribution >= 0.6 is 0 Å². The highest BCUT2D eigenvalue weighted by Crippen LogP contribution is 2.62. The maximum Gasteiger partial charge on any atom is 0.0945 e. The van der Waals surface area contributed by atoms with Crippen molar-refractivity contribution in [3.8, 4) is 22.3 Å². The van der Waals surface area contributed by atoms with Gasteiger partial charge in [-0.3, -0.25) is 4.90 Å². The Balaban J connectivity index is 1.37. The molecule has 1 spiro atoms. The first-order chi connectivity index (χ1) is 17.3. The fourth-order valence-corrected chi connectivity index (χ4v) is 7.86. The Hall–Kier alpha value is -3.20. The van der Waals surface area contributed by atoms with E-state index >= 15 is 0 Å². The molecule has 1 N–H and O–H groups in total. The lowest BCUT2D eigenvalue weighted by atomic mass is 9.70. The molecule has 2 atom stereocenters. The summed E-state index contributed by atoms with van der Waals surface area (Å²) in [5, 5.41) is 11.7. The van der Waals surface area contributed by atoms with Crippen molar-refractivity contribution in [2.24, 2.45) is 5.92 Å². The van der Waals surface area contributed by atoms with E-state index < -0.39 is 6.10 Å². The van der Waals surface area contributed by atoms with Crippen molar-refractivity contribution < 1.29 is 5.11 Å². The van der Waals surface area contributed by atoms with E-state index in [-0.39, 0.29) is 11.5 Å². The van der Waals surface area contributed by atoms with Gasteiger partial charge in [-0.1, -0.05) is 91.0 Å². The van der Waals surface area contributed by atoms with Crippen LogP contribution in [-0.4, -0.2) is 29.1 Å². The van der Waals surface area contributed by atoms with E-state index in [1.54, 1.807) is 0 Å². The van der Waals surface area contributed by atoms with Crippen molar-refractivity contribution in [1.82, 2.24) is 4.90 Å². The Kier molecular flexibility index (Phi) is 4.10. The zero-order valence-electron chi connectivity index (χ0n) is 19.8. The predicted molar refractivity (Wildman–Crippen MR) is 140 cm³/mol. The van der Waals surface area contributed by atoms with Crippen molar-refractivity contribution in [2.45, 2.75) is 36.8 Å². The maximum absolute atomic E-state index is 11.7. The Bertz CT molecular complexity index is 1410. The topological polar surface area (TPSA) is 23.5 Å². The number of aliphatic hydroxyl groups excluding tert-OH is 1. The highest BCUT2D eigenvalue weighted by atomic mass is 16.3. The van der Waals surface area contributed by atoms with E-state index in [0.29, 0.717) is 0 Å². The molecule has 3 heterocycles. The Morgan fingerprint density at radius 3 is 1.69 bits per heavy atom. The first kappa shape index (κ1) is 20.0. The second-order valence-corrected chi connectivity index (χ2v) is 10.9. The lowest BCUT2D eigenvalue weighted by Crippen LogP contribution is -2.51. The zero-order valence-corrected chi connectivity index (χ0v) is 19.8. The summed E-state index contributed by atoms with van der Waals surface area (Å²) < 4.78 is 0. The highest BCUT2D eigenvalue weighted by molar-refractivity contribution is 5.94. The second-order valence-electron chi connectivity index (χ2n) is 10.9. The summed E-state index contributed by atoms with van der Waals surface area (Å²) in [6.45, 7) is 2.26. The first-order valence-corrected chi connectivity index (χ1v) is 13.1. The number of piperidine rings is 3. The molecule has 5 aliphatic rings. The van der Waals surface area contributed by atoms with Gasteiger partial charge in [0, 0.05) is 6.04 Å². The quantitative estimate of drug-likeness (QED) is 0.320. The van der Waals surface area contributed by atoms with Gasteiger partial charge in [0.05, 0.1) is 11.5 Å². The molecule has 172 valence electrons. The predicted octanol–water partition coefficient (Wildman–Crippen LogP) is 6.55. The summed E-state index contributed by atoms with van der Waals surface area (Å²) in [5.74, 6) is 0.776. The Morgan fingerprint density at radius 1 is 0.657 bits per heavy atom. The molecule has 0 aromatic heterocycles. The van der Waals surface area contributed by atoms with E-state index in [9.17, 15) is 5.11 Å². The fraction of sp³-hybridized carbons (Fsp3) is 0.273. The largest absolute Gasteiger partial charge is 0.387 e. The molecule has 2 heteroatoms. The van der Waals surface area contributed by atoms with Gasteiger partial charge in [0.2, 0.25) is 0 Å². The number of aliphatic hydroxyl groups is 1. The SMILES string of the molecule is O[C@@H](c1ccc2c(c1)C1(c3ccccc3-c3ccccc31)c1ccccc1-2)[C@H]1CC2CCN1CC2. The van der Waals surface area contributed by atoms with Gasteiger partial charge in [0.1, 0.15) is 0 Å². The van der Waals surface area contributed by atoms with Crippen LogP contribution < -0.4 is 0 Å². The standard InChI is InChI=1S/C33H29NO/c35-32(31-19-21-15-17-34(31)18-16-21)22-13-14-26-25-9-3-6-12-29(25)33(30(26)20-22)27-10-4-1-7-23(27)24-8-2-5-11-28(24)33/h1-14,20-21,31-32,35H,15-19H2/t31-,32+/m1/s1. The molecule has 3 aliphatic heterocycles. The second kappa shape index (κ2) is 7.16. The number of hydrogen-bond acceptors (Lipinski definition) is 2. The molecule has 4 aromatic carbocycles. The number of rotatable bonds is 2. The summed E-state index contributed by atoms with van der Waals surface area (Å²) >= 11 is 0. The van der Waals surface area contributed by atoms with Crippen LogP contribution in [-0.2, 0) is 5.41 Å². The van der Waals surface area contributed by atoms with Gasteiger partial charge >= 0.3 is 0 Å². The van der Waals surface area contributed by atoms with Crippen LogP contribution in [0.2, 0.25) is 0 Å². The van der Waals surface area contributed by atoms with Gasteiger partial charge in [-0.25, -0.2) is 0 Å². The van der Waals surface area contributed by atoms with Crippen molar-refractivity contribution in [3.63, 3.8) is 0 Å². The summed E-state index contributed by atoms with van der Waals surface area (Å²) in [7, 11) is 0. The fourth-order valence-electron chi connectivity index (χ4n) is 7.86. The van der Waals surface area contributed by atoms with Crippen LogP contribution in [0.25, 0.3) is 22.3 Å². The highest BCUT2D eigenvalue weighted by Gasteiger charge is 2.51. The Labute approximate surface area is 206 Å². The molecule has 2 nitrogen and oxygen atoms in total. The molecule has 3 saturated heterocycles. The monoisotopic (exact) mass is 455 g/mol. The molecular weight excluding hydrogens is 426 g/mol. The Morgan fingerprint density at radius 2 is 1.17 bits per heavy atom. The number of fused-ring (bicyclic) bond motifs is 13. The van der Waals surface area contributed by atoms with Gasteiger partial charge in [0.15, 0.2) is 0 Å². The van der Waals surface area contributed by atoms with Crippen LogP contribution in [0.1, 0.15) is 53.2 Å². The van der Waals surface area contributed by atoms with E-state index in [1.807, 2.05) is 0 Å². The number of benzene rings is 4. The minimum Gasteiger partial charge on any atom is -0.387 e. The van der Waals surface area contributed by atoms with Gasteiger partial charge < -0.3 is 5.11 Å². The third-order valence-corrected chi connectivity index (χ3v) is 9.42.